The largest absolute Gasteiger partial charge is 0.480 e. The second kappa shape index (κ2) is 7.22. The molecule has 0 aliphatic heterocycles. The molecular weight excluding hydrogens is 290 g/mol. The van der Waals surface area contributed by atoms with E-state index in [0.717, 1.165) is 36.6 Å². The second-order valence-electron chi connectivity index (χ2n) is 5.61. The second-order valence-corrected chi connectivity index (χ2v) is 6.67. The number of thioether (sulfide) groups is 1. The number of likely N-dealkylation sites (N-methyl/N-ethyl adjacent to an activating group) is 1. The molecule has 2 N–H and O–H groups in total. The van der Waals surface area contributed by atoms with E-state index in [-0.39, 0.29) is 0 Å². The Labute approximate surface area is 128 Å². The molecule has 0 bridgehead atoms. The van der Waals surface area contributed by atoms with E-state index in [1.165, 1.54) is 0 Å². The lowest BCUT2D eigenvalue weighted by Gasteiger charge is -2.25. The summed E-state index contributed by atoms with van der Waals surface area (Å²) in [6.45, 7) is 4.34. The van der Waals surface area contributed by atoms with Crippen LogP contribution in [0.2, 0.25) is 0 Å². The molecule has 0 radical (unpaired) electrons. The number of unbranched alkanes of at least 4 members (excludes halogenated alkanes) is 1. The van der Waals surface area contributed by atoms with Gasteiger partial charge in [-0.1, -0.05) is 25.1 Å². The number of aromatic nitrogens is 4. The third-order valence-electron chi connectivity index (χ3n) is 3.70. The summed E-state index contributed by atoms with van der Waals surface area (Å²) in [6.07, 6.45) is 4.78. The minimum absolute atomic E-state index is 0.492. The van der Waals surface area contributed by atoms with E-state index in [0.29, 0.717) is 19.0 Å². The molecule has 0 saturated heterocycles. The average molecular weight is 313 g/mol. The van der Waals surface area contributed by atoms with Gasteiger partial charge in [-0.15, -0.1) is 5.10 Å². The van der Waals surface area contributed by atoms with Crippen molar-refractivity contribution < 1.29 is 9.90 Å². The fraction of sp³-hybridized carbons (Fsp3) is 0.846. The molecule has 1 atom stereocenters. The standard InChI is InChI=1S/C13H23N5O2S/c1-3-14-13(2,11(19)20)8-4-5-9-21-12-15-16-17-18(12)10-6-7-10/h10,14H,3-9H2,1-2H3,(H,19,20). The highest BCUT2D eigenvalue weighted by Gasteiger charge is 2.31. The monoisotopic (exact) mass is 313 g/mol. The van der Waals surface area contributed by atoms with Crippen LogP contribution in [0.25, 0.3) is 0 Å². The molecule has 1 aliphatic carbocycles. The molecular formula is C13H23N5O2S. The normalized spacial score (nSPS) is 17.6. The number of tetrazole rings is 1. The van der Waals surface area contributed by atoms with Gasteiger partial charge in [0.05, 0.1) is 6.04 Å². The first-order valence-corrected chi connectivity index (χ1v) is 8.44. The Morgan fingerprint density at radius 3 is 2.90 bits per heavy atom. The van der Waals surface area contributed by atoms with Crippen molar-refractivity contribution in [3.05, 3.63) is 0 Å². The lowest BCUT2D eigenvalue weighted by molar-refractivity contribution is -0.144. The number of hydrogen-bond donors (Lipinski definition) is 2. The van der Waals surface area contributed by atoms with Crippen LogP contribution in [0.15, 0.2) is 5.16 Å². The fourth-order valence-corrected chi connectivity index (χ4v) is 3.18. The van der Waals surface area contributed by atoms with Gasteiger partial charge in [0.15, 0.2) is 0 Å². The predicted octanol–water partition coefficient (Wildman–Crippen LogP) is 1.72. The minimum Gasteiger partial charge on any atom is -0.480 e. The smallest absolute Gasteiger partial charge is 0.323 e. The van der Waals surface area contributed by atoms with Gasteiger partial charge >= 0.3 is 5.97 Å². The molecule has 0 spiro atoms. The summed E-state index contributed by atoms with van der Waals surface area (Å²) in [7, 11) is 0. The van der Waals surface area contributed by atoms with Crippen LogP contribution in [0.3, 0.4) is 0 Å². The van der Waals surface area contributed by atoms with E-state index in [9.17, 15) is 9.90 Å². The molecule has 0 amide bonds. The Kier molecular flexibility index (Phi) is 5.58. The zero-order valence-electron chi connectivity index (χ0n) is 12.6. The molecule has 1 aromatic heterocycles. The highest BCUT2D eigenvalue weighted by Crippen LogP contribution is 2.36. The Hall–Kier alpha value is -1.15. The summed E-state index contributed by atoms with van der Waals surface area (Å²) < 4.78 is 1.91. The van der Waals surface area contributed by atoms with Crippen LogP contribution < -0.4 is 5.32 Å². The van der Waals surface area contributed by atoms with Crippen molar-refractivity contribution >= 4 is 17.7 Å². The first-order valence-electron chi connectivity index (χ1n) is 7.46. The minimum atomic E-state index is -0.824. The van der Waals surface area contributed by atoms with Crippen LogP contribution in [-0.4, -0.2) is 49.1 Å². The van der Waals surface area contributed by atoms with Gasteiger partial charge in [-0.2, -0.15) is 0 Å². The van der Waals surface area contributed by atoms with Crippen molar-refractivity contribution in [1.82, 2.24) is 25.5 Å². The maximum Gasteiger partial charge on any atom is 0.323 e. The number of carboxylic acid groups (broad SMARTS) is 1. The molecule has 1 aromatic rings. The van der Waals surface area contributed by atoms with Crippen LogP contribution in [0.1, 0.15) is 52.0 Å². The topological polar surface area (TPSA) is 92.9 Å². The Morgan fingerprint density at radius 2 is 2.29 bits per heavy atom. The van der Waals surface area contributed by atoms with Crippen LogP contribution in [0, 0.1) is 0 Å². The zero-order chi connectivity index (χ0) is 15.3. The maximum atomic E-state index is 11.3. The molecule has 1 unspecified atom stereocenters. The van der Waals surface area contributed by atoms with Crippen molar-refractivity contribution in [3.63, 3.8) is 0 Å². The lowest BCUT2D eigenvalue weighted by Crippen LogP contribution is -2.49. The summed E-state index contributed by atoms with van der Waals surface area (Å²) >= 11 is 1.65. The van der Waals surface area contributed by atoms with E-state index >= 15 is 0 Å². The summed E-state index contributed by atoms with van der Waals surface area (Å²) in [5, 5.41) is 25.0. The summed E-state index contributed by atoms with van der Waals surface area (Å²) in [5.74, 6) is 0.129. The maximum absolute atomic E-state index is 11.3. The number of nitrogens with one attached hydrogen (secondary N) is 1. The molecule has 118 valence electrons. The average Bonchev–Trinajstić information content (AvgIpc) is 3.18. The Bertz CT molecular complexity index is 477. The predicted molar refractivity (Wildman–Crippen MR) is 80.4 cm³/mol. The van der Waals surface area contributed by atoms with Gasteiger partial charge in [0.2, 0.25) is 5.16 Å². The molecule has 7 nitrogen and oxygen atoms in total. The molecule has 1 aliphatic rings. The quantitative estimate of drug-likeness (QED) is 0.502. The van der Waals surface area contributed by atoms with Crippen molar-refractivity contribution in [2.24, 2.45) is 0 Å². The molecule has 0 aromatic carbocycles. The van der Waals surface area contributed by atoms with Gasteiger partial charge in [0.1, 0.15) is 5.54 Å². The fourth-order valence-electron chi connectivity index (χ4n) is 2.23. The van der Waals surface area contributed by atoms with Gasteiger partial charge in [-0.05, 0) is 49.6 Å². The highest BCUT2D eigenvalue weighted by molar-refractivity contribution is 7.99. The van der Waals surface area contributed by atoms with Crippen LogP contribution in [0.5, 0.6) is 0 Å². The number of carboxylic acids is 1. The third kappa shape index (κ3) is 4.41. The van der Waals surface area contributed by atoms with E-state index in [1.54, 1.807) is 18.7 Å². The van der Waals surface area contributed by atoms with Gasteiger partial charge in [-0.3, -0.25) is 4.79 Å². The molecule has 21 heavy (non-hydrogen) atoms. The van der Waals surface area contributed by atoms with Crippen molar-refractivity contribution in [3.8, 4) is 0 Å². The highest BCUT2D eigenvalue weighted by atomic mass is 32.2. The number of rotatable bonds is 10. The molecule has 1 saturated carbocycles. The molecule has 8 heteroatoms. The number of carbonyl (C=O) groups is 1. The van der Waals surface area contributed by atoms with E-state index in [4.69, 9.17) is 0 Å². The summed E-state index contributed by atoms with van der Waals surface area (Å²) in [4.78, 5) is 11.3. The lowest BCUT2D eigenvalue weighted by atomic mass is 9.95. The van der Waals surface area contributed by atoms with E-state index in [1.807, 2.05) is 11.6 Å². The van der Waals surface area contributed by atoms with Crippen LogP contribution >= 0.6 is 11.8 Å². The third-order valence-corrected chi connectivity index (χ3v) is 4.72. The molecule has 2 rings (SSSR count). The van der Waals surface area contributed by atoms with Crippen molar-refractivity contribution in [2.45, 2.75) is 62.7 Å². The van der Waals surface area contributed by atoms with Crippen LogP contribution in [-0.2, 0) is 4.79 Å². The summed E-state index contributed by atoms with van der Waals surface area (Å²) in [6, 6.07) is 0.492. The van der Waals surface area contributed by atoms with E-state index in [2.05, 4.69) is 20.8 Å². The van der Waals surface area contributed by atoms with Gasteiger partial charge < -0.3 is 10.4 Å². The van der Waals surface area contributed by atoms with Crippen molar-refractivity contribution in [1.29, 1.82) is 0 Å². The first-order chi connectivity index (χ1) is 10.1. The number of hydrogen-bond acceptors (Lipinski definition) is 6. The number of nitrogens with zero attached hydrogens (tertiary/aromatic N) is 4. The van der Waals surface area contributed by atoms with Gasteiger partial charge in [0.25, 0.3) is 0 Å². The van der Waals surface area contributed by atoms with Gasteiger partial charge in [-0.25, -0.2) is 4.68 Å². The van der Waals surface area contributed by atoms with E-state index < -0.39 is 11.5 Å². The SMILES string of the molecule is CCNC(C)(CCCCSc1nnnn1C1CC1)C(=O)O. The van der Waals surface area contributed by atoms with Crippen molar-refractivity contribution in [2.75, 3.05) is 12.3 Å². The Balaban J connectivity index is 1.69. The van der Waals surface area contributed by atoms with Crippen LogP contribution in [0.4, 0.5) is 0 Å². The zero-order valence-corrected chi connectivity index (χ0v) is 13.4. The first kappa shape index (κ1) is 16.2. The summed E-state index contributed by atoms with van der Waals surface area (Å²) in [5.41, 5.74) is -0.824. The molecule has 1 fully saturated rings. The Morgan fingerprint density at radius 1 is 1.52 bits per heavy atom. The number of aliphatic carboxylic acids is 1. The van der Waals surface area contributed by atoms with Gasteiger partial charge in [0, 0.05) is 5.75 Å². The molecule has 1 heterocycles.